The van der Waals surface area contributed by atoms with E-state index in [-0.39, 0.29) is 5.78 Å². The lowest BCUT2D eigenvalue weighted by molar-refractivity contribution is 0.104. The number of anilines is 1. The number of carbonyl (C=O) groups is 1. The minimum atomic E-state index is -0.152. The summed E-state index contributed by atoms with van der Waals surface area (Å²) in [6, 6.07) is 12.3. The molecule has 0 unspecified atom stereocenters. The summed E-state index contributed by atoms with van der Waals surface area (Å²) in [6.45, 7) is 0. The van der Waals surface area contributed by atoms with Crippen LogP contribution in [0.25, 0.3) is 0 Å². The number of rotatable bonds is 6. The molecule has 0 aliphatic heterocycles. The van der Waals surface area contributed by atoms with Crippen molar-refractivity contribution in [1.29, 1.82) is 0 Å². The first kappa shape index (κ1) is 15.9. The topological polar surface area (TPSA) is 47.6 Å². The molecule has 0 aliphatic carbocycles. The standard InChI is InChI=1S/C17H16ClNO3/c1-21-16-8-7-12(11-17(16)22-2)15(20)9-10-19-14-6-4-3-5-13(14)18/h3-11,19H,1-2H3/b10-9+. The number of para-hydroxylation sites is 1. The average molecular weight is 318 g/mol. The number of halogens is 1. The lowest BCUT2D eigenvalue weighted by Gasteiger charge is -2.08. The summed E-state index contributed by atoms with van der Waals surface area (Å²) in [6.07, 6.45) is 2.99. The van der Waals surface area contributed by atoms with Crippen LogP contribution in [0.5, 0.6) is 11.5 Å². The Morgan fingerprint density at radius 1 is 1.09 bits per heavy atom. The maximum absolute atomic E-state index is 12.1. The summed E-state index contributed by atoms with van der Waals surface area (Å²) in [7, 11) is 3.08. The van der Waals surface area contributed by atoms with Crippen molar-refractivity contribution >= 4 is 23.1 Å². The summed E-state index contributed by atoms with van der Waals surface area (Å²) in [4.78, 5) is 12.1. The zero-order valence-electron chi connectivity index (χ0n) is 12.3. The van der Waals surface area contributed by atoms with Gasteiger partial charge in [-0.15, -0.1) is 0 Å². The molecular weight excluding hydrogens is 302 g/mol. The van der Waals surface area contributed by atoms with Crippen LogP contribution in [0.2, 0.25) is 5.02 Å². The van der Waals surface area contributed by atoms with E-state index < -0.39 is 0 Å². The van der Waals surface area contributed by atoms with Gasteiger partial charge in [0.05, 0.1) is 24.9 Å². The quantitative estimate of drug-likeness (QED) is 0.642. The number of methoxy groups -OCH3 is 2. The summed E-state index contributed by atoms with van der Waals surface area (Å²) in [5.41, 5.74) is 1.25. The molecule has 2 rings (SSSR count). The fourth-order valence-electron chi connectivity index (χ4n) is 1.87. The number of carbonyl (C=O) groups excluding carboxylic acids is 1. The van der Waals surface area contributed by atoms with E-state index in [1.165, 1.54) is 13.2 Å². The van der Waals surface area contributed by atoms with Gasteiger partial charge < -0.3 is 14.8 Å². The van der Waals surface area contributed by atoms with Gasteiger partial charge in [-0.25, -0.2) is 0 Å². The molecule has 0 spiro atoms. The molecule has 0 aromatic heterocycles. The van der Waals surface area contributed by atoms with Crippen LogP contribution < -0.4 is 14.8 Å². The van der Waals surface area contributed by atoms with Crippen LogP contribution in [0, 0.1) is 0 Å². The maximum atomic E-state index is 12.1. The Morgan fingerprint density at radius 2 is 1.82 bits per heavy atom. The van der Waals surface area contributed by atoms with Crippen LogP contribution in [0.15, 0.2) is 54.7 Å². The molecule has 2 aromatic rings. The van der Waals surface area contributed by atoms with Crippen molar-refractivity contribution in [3.63, 3.8) is 0 Å². The summed E-state index contributed by atoms with van der Waals surface area (Å²) in [5.74, 6) is 0.943. The predicted octanol–water partition coefficient (Wildman–Crippen LogP) is 4.17. The number of hydrogen-bond donors (Lipinski definition) is 1. The lowest BCUT2D eigenvalue weighted by atomic mass is 10.1. The van der Waals surface area contributed by atoms with Gasteiger partial charge in [0.1, 0.15) is 0 Å². The Labute approximate surface area is 134 Å². The third kappa shape index (κ3) is 3.80. The molecule has 0 bridgehead atoms. The highest BCUT2D eigenvalue weighted by molar-refractivity contribution is 6.33. The average Bonchev–Trinajstić information content (AvgIpc) is 2.55. The molecule has 0 fully saturated rings. The predicted molar refractivity (Wildman–Crippen MR) is 88.1 cm³/mol. The Kier molecular flexibility index (Phi) is 5.44. The monoisotopic (exact) mass is 317 g/mol. The van der Waals surface area contributed by atoms with Crippen LogP contribution in [-0.2, 0) is 0 Å². The van der Waals surface area contributed by atoms with E-state index in [1.807, 2.05) is 18.2 Å². The highest BCUT2D eigenvalue weighted by Crippen LogP contribution is 2.27. The van der Waals surface area contributed by atoms with Gasteiger partial charge in [0.25, 0.3) is 0 Å². The van der Waals surface area contributed by atoms with Gasteiger partial charge in [-0.1, -0.05) is 23.7 Å². The molecule has 0 saturated carbocycles. The number of hydrogen-bond acceptors (Lipinski definition) is 4. The van der Waals surface area contributed by atoms with Crippen LogP contribution >= 0.6 is 11.6 Å². The van der Waals surface area contributed by atoms with Gasteiger partial charge in [-0.2, -0.15) is 0 Å². The third-order valence-electron chi connectivity index (χ3n) is 3.02. The van der Waals surface area contributed by atoms with Crippen molar-refractivity contribution < 1.29 is 14.3 Å². The highest BCUT2D eigenvalue weighted by atomic mass is 35.5. The van der Waals surface area contributed by atoms with Crippen molar-refractivity contribution in [3.05, 3.63) is 65.3 Å². The SMILES string of the molecule is COc1ccc(C(=O)/C=C/Nc2ccccc2Cl)cc1OC. The number of ether oxygens (including phenoxy) is 2. The first-order chi connectivity index (χ1) is 10.7. The minimum absolute atomic E-state index is 0.152. The second-order valence-electron chi connectivity index (χ2n) is 4.39. The maximum Gasteiger partial charge on any atom is 0.187 e. The van der Waals surface area contributed by atoms with Crippen LogP contribution in [0.1, 0.15) is 10.4 Å². The van der Waals surface area contributed by atoms with Gasteiger partial charge in [-0.3, -0.25) is 4.79 Å². The summed E-state index contributed by atoms with van der Waals surface area (Å²) in [5, 5.41) is 3.56. The molecule has 5 heteroatoms. The number of allylic oxidation sites excluding steroid dienone is 1. The molecule has 2 aromatic carbocycles. The van der Waals surface area contributed by atoms with E-state index in [0.717, 1.165) is 5.69 Å². The summed E-state index contributed by atoms with van der Waals surface area (Å²) >= 11 is 6.02. The van der Waals surface area contributed by atoms with E-state index >= 15 is 0 Å². The lowest BCUT2D eigenvalue weighted by Crippen LogP contribution is -1.98. The molecule has 0 radical (unpaired) electrons. The molecule has 4 nitrogen and oxygen atoms in total. The number of benzene rings is 2. The van der Waals surface area contributed by atoms with Crippen LogP contribution in [0.3, 0.4) is 0 Å². The zero-order chi connectivity index (χ0) is 15.9. The van der Waals surface area contributed by atoms with E-state index in [1.54, 1.807) is 37.6 Å². The number of nitrogens with one attached hydrogen (secondary N) is 1. The van der Waals surface area contributed by atoms with Crippen LogP contribution in [0.4, 0.5) is 5.69 Å². The van der Waals surface area contributed by atoms with Gasteiger partial charge in [0, 0.05) is 17.8 Å². The molecule has 0 heterocycles. The molecule has 1 N–H and O–H groups in total. The first-order valence-corrected chi connectivity index (χ1v) is 6.97. The van der Waals surface area contributed by atoms with Gasteiger partial charge in [-0.05, 0) is 30.3 Å². The Bertz CT molecular complexity index is 698. The largest absolute Gasteiger partial charge is 0.493 e. The Balaban J connectivity index is 2.09. The third-order valence-corrected chi connectivity index (χ3v) is 3.35. The molecule has 0 atom stereocenters. The first-order valence-electron chi connectivity index (χ1n) is 6.59. The van der Waals surface area contributed by atoms with Crippen molar-refractivity contribution in [3.8, 4) is 11.5 Å². The van der Waals surface area contributed by atoms with Gasteiger partial charge in [0.15, 0.2) is 17.3 Å². The Morgan fingerprint density at radius 3 is 2.50 bits per heavy atom. The zero-order valence-corrected chi connectivity index (χ0v) is 13.1. The summed E-state index contributed by atoms with van der Waals surface area (Å²) < 4.78 is 10.3. The highest BCUT2D eigenvalue weighted by Gasteiger charge is 2.08. The minimum Gasteiger partial charge on any atom is -0.493 e. The van der Waals surface area contributed by atoms with E-state index in [2.05, 4.69) is 5.32 Å². The van der Waals surface area contributed by atoms with Crippen molar-refractivity contribution in [2.45, 2.75) is 0 Å². The van der Waals surface area contributed by atoms with E-state index in [4.69, 9.17) is 21.1 Å². The molecule has 22 heavy (non-hydrogen) atoms. The van der Waals surface area contributed by atoms with Gasteiger partial charge >= 0.3 is 0 Å². The normalized spacial score (nSPS) is 10.5. The molecule has 0 aliphatic rings. The smallest absolute Gasteiger partial charge is 0.187 e. The molecule has 0 amide bonds. The van der Waals surface area contributed by atoms with E-state index in [0.29, 0.717) is 22.1 Å². The van der Waals surface area contributed by atoms with Crippen molar-refractivity contribution in [2.24, 2.45) is 0 Å². The second-order valence-corrected chi connectivity index (χ2v) is 4.80. The Hall–Kier alpha value is -2.46. The van der Waals surface area contributed by atoms with Crippen molar-refractivity contribution in [1.82, 2.24) is 0 Å². The molecular formula is C17H16ClNO3. The van der Waals surface area contributed by atoms with Crippen LogP contribution in [-0.4, -0.2) is 20.0 Å². The van der Waals surface area contributed by atoms with Crippen molar-refractivity contribution in [2.75, 3.05) is 19.5 Å². The number of ketones is 1. The molecule has 114 valence electrons. The second kappa shape index (κ2) is 7.52. The fourth-order valence-corrected chi connectivity index (χ4v) is 2.06. The van der Waals surface area contributed by atoms with E-state index in [9.17, 15) is 4.79 Å². The van der Waals surface area contributed by atoms with Gasteiger partial charge in [0.2, 0.25) is 0 Å². The fraction of sp³-hybridized carbons (Fsp3) is 0.118. The molecule has 0 saturated heterocycles.